The summed E-state index contributed by atoms with van der Waals surface area (Å²) >= 11 is 0. The summed E-state index contributed by atoms with van der Waals surface area (Å²) in [6, 6.07) is 14.9. The van der Waals surface area contributed by atoms with Crippen LogP contribution in [0.1, 0.15) is 27.2 Å². The molecule has 0 atom stereocenters. The van der Waals surface area contributed by atoms with Crippen LogP contribution in [-0.2, 0) is 9.53 Å². The number of rotatable bonds is 13. The SMILES string of the molecule is CCOCCOc1ccc(NC(=O)CNc2ccc(OCCC(C)C)cc2)cc1. The van der Waals surface area contributed by atoms with Crippen molar-refractivity contribution >= 4 is 17.3 Å². The molecule has 0 aromatic heterocycles. The third kappa shape index (κ3) is 9.34. The van der Waals surface area contributed by atoms with Crippen molar-refractivity contribution in [2.24, 2.45) is 5.92 Å². The molecule has 0 aliphatic carbocycles. The minimum atomic E-state index is -0.118. The normalized spacial score (nSPS) is 10.6. The molecule has 0 unspecified atom stereocenters. The first-order valence-corrected chi connectivity index (χ1v) is 10.1. The summed E-state index contributed by atoms with van der Waals surface area (Å²) in [6.07, 6.45) is 1.03. The molecule has 2 N–H and O–H groups in total. The van der Waals surface area contributed by atoms with Crippen LogP contribution in [0.5, 0.6) is 11.5 Å². The third-order valence-electron chi connectivity index (χ3n) is 4.11. The number of carbonyl (C=O) groups is 1. The number of ether oxygens (including phenoxy) is 3. The van der Waals surface area contributed by atoms with Crippen LogP contribution in [0.3, 0.4) is 0 Å². The van der Waals surface area contributed by atoms with E-state index in [0.717, 1.165) is 29.3 Å². The van der Waals surface area contributed by atoms with Gasteiger partial charge in [-0.05, 0) is 67.8 Å². The molecule has 0 saturated heterocycles. The van der Waals surface area contributed by atoms with Crippen molar-refractivity contribution in [3.8, 4) is 11.5 Å². The Bertz CT molecular complexity index is 715. The van der Waals surface area contributed by atoms with Crippen molar-refractivity contribution in [1.29, 1.82) is 0 Å². The van der Waals surface area contributed by atoms with E-state index in [1.807, 2.05) is 55.5 Å². The maximum atomic E-state index is 12.1. The largest absolute Gasteiger partial charge is 0.494 e. The number of carbonyl (C=O) groups excluding carboxylic acids is 1. The Morgan fingerprint density at radius 2 is 1.45 bits per heavy atom. The van der Waals surface area contributed by atoms with Crippen LogP contribution >= 0.6 is 0 Å². The third-order valence-corrected chi connectivity index (χ3v) is 4.11. The molecule has 6 heteroatoms. The summed E-state index contributed by atoms with van der Waals surface area (Å²) in [6.45, 7) is 8.94. The van der Waals surface area contributed by atoms with Gasteiger partial charge in [-0.1, -0.05) is 13.8 Å². The first kappa shape index (κ1) is 22.6. The van der Waals surface area contributed by atoms with E-state index in [9.17, 15) is 4.79 Å². The van der Waals surface area contributed by atoms with Crippen LogP contribution in [0, 0.1) is 5.92 Å². The molecular weight excluding hydrogens is 368 g/mol. The molecule has 158 valence electrons. The second-order valence-electron chi connectivity index (χ2n) is 7.03. The van der Waals surface area contributed by atoms with Gasteiger partial charge in [-0.15, -0.1) is 0 Å². The number of anilines is 2. The molecule has 0 aliphatic heterocycles. The topological polar surface area (TPSA) is 68.8 Å². The average Bonchev–Trinajstić information content (AvgIpc) is 2.71. The van der Waals surface area contributed by atoms with Gasteiger partial charge in [0.25, 0.3) is 0 Å². The monoisotopic (exact) mass is 400 g/mol. The van der Waals surface area contributed by atoms with Gasteiger partial charge < -0.3 is 24.8 Å². The molecule has 0 heterocycles. The Morgan fingerprint density at radius 3 is 2.03 bits per heavy atom. The minimum absolute atomic E-state index is 0.118. The lowest BCUT2D eigenvalue weighted by Crippen LogP contribution is -2.21. The second kappa shape index (κ2) is 12.7. The van der Waals surface area contributed by atoms with E-state index in [4.69, 9.17) is 14.2 Å². The zero-order valence-electron chi connectivity index (χ0n) is 17.6. The Balaban J connectivity index is 1.69. The van der Waals surface area contributed by atoms with Crippen LogP contribution in [0.15, 0.2) is 48.5 Å². The van der Waals surface area contributed by atoms with Crippen LogP contribution in [0.25, 0.3) is 0 Å². The molecule has 0 radical (unpaired) electrons. The van der Waals surface area contributed by atoms with Crippen molar-refractivity contribution in [3.63, 3.8) is 0 Å². The highest BCUT2D eigenvalue weighted by molar-refractivity contribution is 5.93. The van der Waals surface area contributed by atoms with E-state index in [-0.39, 0.29) is 12.5 Å². The Kier molecular flexibility index (Phi) is 9.86. The summed E-state index contributed by atoms with van der Waals surface area (Å²) in [4.78, 5) is 12.1. The molecule has 29 heavy (non-hydrogen) atoms. The molecule has 2 aromatic carbocycles. The maximum absolute atomic E-state index is 12.1. The molecule has 6 nitrogen and oxygen atoms in total. The number of amides is 1. The number of benzene rings is 2. The quantitative estimate of drug-likeness (QED) is 0.482. The van der Waals surface area contributed by atoms with Gasteiger partial charge in [-0.2, -0.15) is 0 Å². The van der Waals surface area contributed by atoms with Gasteiger partial charge in [0.1, 0.15) is 18.1 Å². The van der Waals surface area contributed by atoms with Crippen LogP contribution in [-0.4, -0.2) is 38.9 Å². The summed E-state index contributed by atoms with van der Waals surface area (Å²) in [7, 11) is 0. The van der Waals surface area contributed by atoms with Crippen molar-refractivity contribution < 1.29 is 19.0 Å². The predicted molar refractivity (Wildman–Crippen MR) is 117 cm³/mol. The van der Waals surface area contributed by atoms with Crippen molar-refractivity contribution in [1.82, 2.24) is 0 Å². The first-order valence-electron chi connectivity index (χ1n) is 10.1. The van der Waals surface area contributed by atoms with Crippen LogP contribution < -0.4 is 20.1 Å². The molecule has 2 aromatic rings. The molecule has 0 saturated carbocycles. The van der Waals surface area contributed by atoms with Crippen LogP contribution in [0.4, 0.5) is 11.4 Å². The molecule has 0 bridgehead atoms. The average molecular weight is 401 g/mol. The van der Waals surface area contributed by atoms with Crippen molar-refractivity contribution in [3.05, 3.63) is 48.5 Å². The highest BCUT2D eigenvalue weighted by atomic mass is 16.5. The van der Waals surface area contributed by atoms with Crippen molar-refractivity contribution in [2.45, 2.75) is 27.2 Å². The Labute approximate surface area is 173 Å². The predicted octanol–water partition coefficient (Wildman–Crippen LogP) is 4.58. The first-order chi connectivity index (χ1) is 14.1. The van der Waals surface area contributed by atoms with Crippen LogP contribution in [0.2, 0.25) is 0 Å². The molecule has 0 aliphatic rings. The van der Waals surface area contributed by atoms with E-state index in [0.29, 0.717) is 32.3 Å². The fourth-order valence-electron chi connectivity index (χ4n) is 2.47. The van der Waals surface area contributed by atoms with Gasteiger partial charge >= 0.3 is 0 Å². The van der Waals surface area contributed by atoms with Gasteiger partial charge in [0, 0.05) is 18.0 Å². The molecular formula is C23H32N2O4. The van der Waals surface area contributed by atoms with Gasteiger partial charge in [-0.25, -0.2) is 0 Å². The number of nitrogens with one attached hydrogen (secondary N) is 2. The molecule has 1 amide bonds. The van der Waals surface area contributed by atoms with Gasteiger partial charge in [0.2, 0.25) is 5.91 Å². The molecule has 0 spiro atoms. The fraction of sp³-hybridized carbons (Fsp3) is 0.435. The van der Waals surface area contributed by atoms with E-state index in [2.05, 4.69) is 24.5 Å². The fourth-order valence-corrected chi connectivity index (χ4v) is 2.47. The smallest absolute Gasteiger partial charge is 0.243 e. The maximum Gasteiger partial charge on any atom is 0.243 e. The van der Waals surface area contributed by atoms with E-state index < -0.39 is 0 Å². The summed E-state index contributed by atoms with van der Waals surface area (Å²) in [5.74, 6) is 2.09. The Morgan fingerprint density at radius 1 is 0.862 bits per heavy atom. The Hall–Kier alpha value is -2.73. The lowest BCUT2D eigenvalue weighted by molar-refractivity contribution is -0.114. The van der Waals surface area contributed by atoms with E-state index in [1.165, 1.54) is 0 Å². The molecule has 2 rings (SSSR count). The minimum Gasteiger partial charge on any atom is -0.494 e. The van der Waals surface area contributed by atoms with Crippen molar-refractivity contribution in [2.75, 3.05) is 43.6 Å². The summed E-state index contributed by atoms with van der Waals surface area (Å²) in [5.41, 5.74) is 1.59. The zero-order valence-corrected chi connectivity index (χ0v) is 17.6. The lowest BCUT2D eigenvalue weighted by atomic mass is 10.1. The lowest BCUT2D eigenvalue weighted by Gasteiger charge is -2.11. The molecule has 0 fully saturated rings. The summed E-state index contributed by atoms with van der Waals surface area (Å²) in [5, 5.41) is 5.97. The second-order valence-corrected chi connectivity index (χ2v) is 7.03. The highest BCUT2D eigenvalue weighted by Crippen LogP contribution is 2.17. The zero-order chi connectivity index (χ0) is 20.9. The van der Waals surface area contributed by atoms with E-state index in [1.54, 1.807) is 0 Å². The summed E-state index contributed by atoms with van der Waals surface area (Å²) < 4.78 is 16.5. The van der Waals surface area contributed by atoms with E-state index >= 15 is 0 Å². The standard InChI is InChI=1S/C23H32N2O4/c1-4-27-15-16-29-22-11-7-20(8-12-22)25-23(26)17-24-19-5-9-21(10-6-19)28-14-13-18(2)3/h5-12,18,24H,4,13-17H2,1-3H3,(H,25,26). The van der Waals surface area contributed by atoms with Gasteiger partial charge in [0.05, 0.1) is 19.8 Å². The number of hydrogen-bond donors (Lipinski definition) is 2. The highest BCUT2D eigenvalue weighted by Gasteiger charge is 2.04. The van der Waals surface area contributed by atoms with Gasteiger partial charge in [-0.3, -0.25) is 4.79 Å². The number of hydrogen-bond acceptors (Lipinski definition) is 5. The van der Waals surface area contributed by atoms with Gasteiger partial charge in [0.15, 0.2) is 0 Å².